The van der Waals surface area contributed by atoms with Crippen molar-refractivity contribution in [1.29, 1.82) is 0 Å². The zero-order valence-electron chi connectivity index (χ0n) is 20.4. The Morgan fingerprint density at radius 3 is 2.64 bits per heavy atom. The van der Waals surface area contributed by atoms with Gasteiger partial charge < -0.3 is 5.11 Å². The van der Waals surface area contributed by atoms with E-state index in [1.54, 1.807) is 36.0 Å². The molecule has 0 radical (unpaired) electrons. The van der Waals surface area contributed by atoms with Gasteiger partial charge in [0.1, 0.15) is 16.5 Å². The van der Waals surface area contributed by atoms with Crippen molar-refractivity contribution >= 4 is 35.7 Å². The van der Waals surface area contributed by atoms with Crippen molar-refractivity contribution in [2.45, 2.75) is 78.7 Å². The van der Waals surface area contributed by atoms with Gasteiger partial charge in [0.15, 0.2) is 0 Å². The van der Waals surface area contributed by atoms with Crippen LogP contribution in [-0.4, -0.2) is 46.9 Å². The normalized spacial score (nSPS) is 13.3. The first-order valence-corrected chi connectivity index (χ1v) is 14.8. The lowest BCUT2D eigenvalue weighted by molar-refractivity contribution is 0.317. The largest absolute Gasteiger partial charge is 0.506 e. The fourth-order valence-corrected chi connectivity index (χ4v) is 8.40. The van der Waals surface area contributed by atoms with Crippen LogP contribution in [-0.2, 0) is 0 Å². The summed E-state index contributed by atoms with van der Waals surface area (Å²) in [6.45, 7) is 8.92. The third-order valence-corrected chi connectivity index (χ3v) is 10.9. The van der Waals surface area contributed by atoms with Crippen LogP contribution in [0.3, 0.4) is 0 Å². The Bertz CT molecular complexity index is 1050. The number of nitrogens with one attached hydrogen (secondary N) is 1. The van der Waals surface area contributed by atoms with E-state index < -0.39 is 0 Å². The number of hydrogen-bond acceptors (Lipinski definition) is 6. The van der Waals surface area contributed by atoms with E-state index in [-0.39, 0.29) is 26.5 Å². The van der Waals surface area contributed by atoms with Crippen molar-refractivity contribution in [2.75, 3.05) is 7.05 Å². The maximum Gasteiger partial charge on any atom is 0.146 e. The van der Waals surface area contributed by atoms with Crippen LogP contribution in [0.4, 0.5) is 0 Å². The number of aromatic nitrogens is 4. The third-order valence-electron chi connectivity index (χ3n) is 5.91. The molecule has 3 rings (SSSR count). The van der Waals surface area contributed by atoms with Crippen LogP contribution >= 0.6 is 32.1 Å². The van der Waals surface area contributed by atoms with E-state index in [4.69, 9.17) is 4.98 Å². The molecule has 1 atom stereocenters. The van der Waals surface area contributed by atoms with Gasteiger partial charge in [-0.05, 0) is 39.8 Å². The molecule has 8 heteroatoms. The van der Waals surface area contributed by atoms with Gasteiger partial charge in [-0.2, -0.15) is 5.10 Å². The zero-order valence-corrected chi connectivity index (χ0v) is 23.3. The lowest BCUT2D eigenvalue weighted by Gasteiger charge is -2.28. The lowest BCUT2D eigenvalue weighted by atomic mass is 10.0. The van der Waals surface area contributed by atoms with E-state index >= 15 is 0 Å². The highest BCUT2D eigenvalue weighted by Crippen LogP contribution is 2.36. The molecule has 6 nitrogen and oxygen atoms in total. The van der Waals surface area contributed by atoms with Gasteiger partial charge in [0.25, 0.3) is 0 Å². The van der Waals surface area contributed by atoms with Crippen LogP contribution in [0.15, 0.2) is 24.7 Å². The summed E-state index contributed by atoms with van der Waals surface area (Å²) in [5.41, 5.74) is 3.34. The average Bonchev–Trinajstić information content (AvgIpc) is 3.46. The average molecular weight is 582 g/mol. The summed E-state index contributed by atoms with van der Waals surface area (Å²) >= 11 is 1.37. The monoisotopic (exact) mass is 581 g/mol. The number of halogens is 1. The Morgan fingerprint density at radius 1 is 1.15 bits per heavy atom. The van der Waals surface area contributed by atoms with Gasteiger partial charge in [0.05, 0.1) is 14.8 Å². The summed E-state index contributed by atoms with van der Waals surface area (Å²) in [6, 6.07) is 2.36. The quantitative estimate of drug-likeness (QED) is 0.179. The van der Waals surface area contributed by atoms with Crippen LogP contribution < -0.4 is 0 Å². The summed E-state index contributed by atoms with van der Waals surface area (Å²) in [5.74, 6) is 0.153. The van der Waals surface area contributed by atoms with Crippen molar-refractivity contribution in [3.05, 3.63) is 33.2 Å². The second kappa shape index (κ2) is 12.7. The zero-order chi connectivity index (χ0) is 23.8. The highest BCUT2D eigenvalue weighted by atomic mass is 127. The van der Waals surface area contributed by atoms with Crippen molar-refractivity contribution in [2.24, 2.45) is 0 Å². The van der Waals surface area contributed by atoms with Crippen LogP contribution in [0.5, 0.6) is 5.75 Å². The molecule has 0 aliphatic heterocycles. The molecule has 0 amide bonds. The number of hydrogen-bond donors (Lipinski definition) is 2. The van der Waals surface area contributed by atoms with Crippen molar-refractivity contribution < 1.29 is 5.11 Å². The summed E-state index contributed by atoms with van der Waals surface area (Å²) in [4.78, 5) is 11.8. The van der Waals surface area contributed by atoms with Crippen molar-refractivity contribution in [3.8, 4) is 27.6 Å². The standard InChI is InChI=1S/C25H36IN5OS/c1-6-8-9-10-12-21(11-7-2)31(5)18(4)26-24-17(3)30-25(33-24)23-22(32)13-19(14-27-23)20-15-28-29-16-20/h13-16,21,32H,6-12H2,1-5H3,(H,28,29). The predicted octanol–water partition coefficient (Wildman–Crippen LogP) is 6.97. The summed E-state index contributed by atoms with van der Waals surface area (Å²) in [5, 5.41) is 18.2. The second-order valence-corrected chi connectivity index (χ2v) is 13.4. The molecule has 3 aromatic heterocycles. The summed E-state index contributed by atoms with van der Waals surface area (Å²) in [7, 11) is 2.27. The van der Waals surface area contributed by atoms with Crippen LogP contribution in [0.2, 0.25) is 0 Å². The van der Waals surface area contributed by atoms with Gasteiger partial charge in [-0.15, -0.1) is 11.3 Å². The SMILES string of the molecule is CCCCCCC(CCC)N(C)C(C)=Ic1sc(-c2ncc(-c3cn[nH]c3)cc2O)nc1C. The second-order valence-electron chi connectivity index (χ2n) is 8.45. The number of aromatic hydroxyl groups is 1. The van der Waals surface area contributed by atoms with Crippen molar-refractivity contribution in [1.82, 2.24) is 25.1 Å². The van der Waals surface area contributed by atoms with Crippen LogP contribution in [0.25, 0.3) is 21.8 Å². The molecule has 33 heavy (non-hydrogen) atoms. The smallest absolute Gasteiger partial charge is 0.146 e. The predicted molar refractivity (Wildman–Crippen MR) is 148 cm³/mol. The number of rotatable bonds is 12. The van der Waals surface area contributed by atoms with Gasteiger partial charge in [0.2, 0.25) is 0 Å². The minimum absolute atomic E-state index is 0.153. The minimum atomic E-state index is -0.307. The Morgan fingerprint density at radius 2 is 1.97 bits per heavy atom. The first-order chi connectivity index (χ1) is 15.9. The molecule has 0 saturated heterocycles. The van der Waals surface area contributed by atoms with Crippen LogP contribution in [0.1, 0.15) is 71.4 Å². The topological polar surface area (TPSA) is 77.9 Å². The van der Waals surface area contributed by atoms with Crippen LogP contribution in [0, 0.1) is 9.81 Å². The molecule has 3 heterocycles. The van der Waals surface area contributed by atoms with E-state index in [0.29, 0.717) is 11.7 Å². The van der Waals surface area contributed by atoms with Gasteiger partial charge in [-0.1, -0.05) is 66.7 Å². The Labute approximate surface area is 211 Å². The number of nitrogens with zero attached hydrogens (tertiary/aromatic N) is 4. The van der Waals surface area contributed by atoms with Gasteiger partial charge in [-0.25, -0.2) is 9.97 Å². The number of aromatic amines is 1. The first-order valence-electron chi connectivity index (χ1n) is 11.8. The Balaban J connectivity index is 1.77. The lowest BCUT2D eigenvalue weighted by Crippen LogP contribution is -2.34. The van der Waals surface area contributed by atoms with E-state index in [1.165, 1.54) is 51.5 Å². The molecule has 0 aliphatic rings. The molecular weight excluding hydrogens is 545 g/mol. The Kier molecular flexibility index (Phi) is 10.0. The number of pyridine rings is 1. The van der Waals surface area contributed by atoms with E-state index in [9.17, 15) is 5.11 Å². The summed E-state index contributed by atoms with van der Waals surface area (Å²) < 4.78 is 2.82. The molecule has 0 bridgehead atoms. The third kappa shape index (κ3) is 6.93. The van der Waals surface area contributed by atoms with Gasteiger partial charge in [-0.3, -0.25) is 10.00 Å². The molecule has 0 aromatic carbocycles. The highest BCUT2D eigenvalue weighted by molar-refractivity contribution is 14.2. The number of thiazole rings is 1. The van der Waals surface area contributed by atoms with E-state index in [2.05, 4.69) is 54.8 Å². The fraction of sp³-hybridized carbons (Fsp3) is 0.520. The fourth-order valence-electron chi connectivity index (χ4n) is 3.87. The van der Waals surface area contributed by atoms with Gasteiger partial charge in [0, 0.05) is 33.2 Å². The van der Waals surface area contributed by atoms with Crippen molar-refractivity contribution in [3.63, 3.8) is 0 Å². The number of aryl methyl sites for hydroxylation is 1. The molecule has 180 valence electrons. The molecule has 0 saturated carbocycles. The minimum Gasteiger partial charge on any atom is -0.506 e. The first kappa shape index (κ1) is 26.0. The van der Waals surface area contributed by atoms with Gasteiger partial charge >= 0.3 is 0 Å². The number of H-pyrrole nitrogens is 1. The molecule has 2 N–H and O–H groups in total. The Hall–Kier alpha value is -1.65. The van der Waals surface area contributed by atoms with E-state index in [1.807, 2.05) is 0 Å². The maximum absolute atomic E-state index is 10.6. The molecule has 3 aromatic rings. The number of unbranched alkanes of at least 4 members (excludes halogenated alkanes) is 3. The molecule has 1 unspecified atom stereocenters. The highest BCUT2D eigenvalue weighted by Gasteiger charge is 2.18. The molecular formula is C25H36IN5OS. The molecule has 0 aliphatic carbocycles. The summed E-state index contributed by atoms with van der Waals surface area (Å²) in [6.07, 6.45) is 14.3. The maximum atomic E-state index is 10.6. The van der Waals surface area contributed by atoms with E-state index in [0.717, 1.165) is 21.8 Å². The molecule has 0 fully saturated rings. The molecule has 0 spiro atoms.